The van der Waals surface area contributed by atoms with Crippen LogP contribution in [-0.2, 0) is 6.54 Å². The zero-order valence-electron chi connectivity index (χ0n) is 7.94. The molecule has 1 N–H and O–H groups in total. The SMILES string of the molecule is C[C@@H](O)Cn1ccc2cc(F)ccc21. The first-order valence-corrected chi connectivity index (χ1v) is 4.59. The highest BCUT2D eigenvalue weighted by Crippen LogP contribution is 2.17. The van der Waals surface area contributed by atoms with Crippen LogP contribution in [0.2, 0.25) is 0 Å². The second kappa shape index (κ2) is 3.42. The molecule has 0 aliphatic heterocycles. The number of aliphatic hydroxyl groups excluding tert-OH is 1. The molecule has 1 heterocycles. The lowest BCUT2D eigenvalue weighted by Crippen LogP contribution is -2.10. The van der Waals surface area contributed by atoms with E-state index < -0.39 is 6.10 Å². The molecule has 2 rings (SSSR count). The van der Waals surface area contributed by atoms with Gasteiger partial charge in [-0.2, -0.15) is 0 Å². The van der Waals surface area contributed by atoms with Gasteiger partial charge in [0, 0.05) is 23.6 Å². The van der Waals surface area contributed by atoms with Crippen molar-refractivity contribution in [2.75, 3.05) is 0 Å². The van der Waals surface area contributed by atoms with Gasteiger partial charge in [-0.1, -0.05) is 0 Å². The van der Waals surface area contributed by atoms with Crippen molar-refractivity contribution < 1.29 is 9.50 Å². The summed E-state index contributed by atoms with van der Waals surface area (Å²) in [4.78, 5) is 0. The molecular weight excluding hydrogens is 181 g/mol. The Bertz CT molecular complexity index is 447. The van der Waals surface area contributed by atoms with Gasteiger partial charge in [-0.05, 0) is 31.2 Å². The van der Waals surface area contributed by atoms with Crippen LogP contribution < -0.4 is 0 Å². The van der Waals surface area contributed by atoms with E-state index in [9.17, 15) is 9.50 Å². The molecule has 2 aromatic rings. The summed E-state index contributed by atoms with van der Waals surface area (Å²) >= 11 is 0. The summed E-state index contributed by atoms with van der Waals surface area (Å²) in [7, 11) is 0. The average Bonchev–Trinajstić information content (AvgIpc) is 2.47. The zero-order chi connectivity index (χ0) is 10.1. The van der Waals surface area contributed by atoms with Gasteiger partial charge in [-0.3, -0.25) is 0 Å². The van der Waals surface area contributed by atoms with Crippen LogP contribution in [0, 0.1) is 5.82 Å². The maximum atomic E-state index is 12.8. The summed E-state index contributed by atoms with van der Waals surface area (Å²) in [5.41, 5.74) is 0.951. The van der Waals surface area contributed by atoms with E-state index in [0.29, 0.717) is 6.54 Å². The molecule has 1 atom stereocenters. The molecule has 0 aliphatic carbocycles. The van der Waals surface area contributed by atoms with Crippen molar-refractivity contribution in [1.82, 2.24) is 4.57 Å². The largest absolute Gasteiger partial charge is 0.392 e. The average molecular weight is 193 g/mol. The van der Waals surface area contributed by atoms with Gasteiger partial charge in [0.2, 0.25) is 0 Å². The number of fused-ring (bicyclic) bond motifs is 1. The van der Waals surface area contributed by atoms with E-state index in [-0.39, 0.29) is 5.82 Å². The molecule has 3 heteroatoms. The van der Waals surface area contributed by atoms with Crippen molar-refractivity contribution in [1.29, 1.82) is 0 Å². The van der Waals surface area contributed by atoms with Crippen molar-refractivity contribution in [2.45, 2.75) is 19.6 Å². The second-order valence-electron chi connectivity index (χ2n) is 3.52. The summed E-state index contributed by atoms with van der Waals surface area (Å²) in [5.74, 6) is -0.229. The highest BCUT2D eigenvalue weighted by molar-refractivity contribution is 5.80. The monoisotopic (exact) mass is 193 g/mol. The molecule has 14 heavy (non-hydrogen) atoms. The second-order valence-corrected chi connectivity index (χ2v) is 3.52. The number of aromatic nitrogens is 1. The normalized spacial score (nSPS) is 13.4. The van der Waals surface area contributed by atoms with Gasteiger partial charge in [-0.15, -0.1) is 0 Å². The summed E-state index contributed by atoms with van der Waals surface area (Å²) in [6.07, 6.45) is 1.47. The van der Waals surface area contributed by atoms with Gasteiger partial charge in [0.1, 0.15) is 5.82 Å². The first kappa shape index (κ1) is 9.21. The van der Waals surface area contributed by atoms with E-state index in [0.717, 1.165) is 10.9 Å². The Hall–Kier alpha value is -1.35. The summed E-state index contributed by atoms with van der Waals surface area (Å²) in [5, 5.41) is 10.1. The van der Waals surface area contributed by atoms with Crippen LogP contribution in [0.4, 0.5) is 4.39 Å². The van der Waals surface area contributed by atoms with E-state index in [2.05, 4.69) is 0 Å². The van der Waals surface area contributed by atoms with E-state index in [1.165, 1.54) is 12.1 Å². The van der Waals surface area contributed by atoms with Crippen molar-refractivity contribution in [3.05, 3.63) is 36.3 Å². The zero-order valence-corrected chi connectivity index (χ0v) is 7.94. The van der Waals surface area contributed by atoms with Crippen LogP contribution in [-0.4, -0.2) is 15.8 Å². The van der Waals surface area contributed by atoms with Crippen LogP contribution in [0.1, 0.15) is 6.92 Å². The molecule has 0 aliphatic rings. The fourth-order valence-corrected chi connectivity index (χ4v) is 1.61. The quantitative estimate of drug-likeness (QED) is 0.776. The molecule has 0 bridgehead atoms. The van der Waals surface area contributed by atoms with Crippen LogP contribution in [0.5, 0.6) is 0 Å². The first-order chi connectivity index (χ1) is 6.66. The summed E-state index contributed by atoms with van der Waals surface area (Å²) in [6.45, 7) is 2.27. The Morgan fingerprint density at radius 1 is 1.43 bits per heavy atom. The fraction of sp³-hybridized carbons (Fsp3) is 0.273. The van der Waals surface area contributed by atoms with Crippen molar-refractivity contribution in [3.63, 3.8) is 0 Å². The Labute approximate surface area is 81.6 Å². The Morgan fingerprint density at radius 3 is 2.93 bits per heavy atom. The third kappa shape index (κ3) is 1.63. The highest BCUT2D eigenvalue weighted by atomic mass is 19.1. The third-order valence-corrected chi connectivity index (χ3v) is 2.19. The van der Waals surface area contributed by atoms with Gasteiger partial charge < -0.3 is 9.67 Å². The van der Waals surface area contributed by atoms with Crippen LogP contribution >= 0.6 is 0 Å². The molecule has 0 amide bonds. The van der Waals surface area contributed by atoms with Gasteiger partial charge >= 0.3 is 0 Å². The summed E-state index contributed by atoms with van der Waals surface area (Å²) < 4.78 is 14.8. The molecule has 1 aromatic heterocycles. The van der Waals surface area contributed by atoms with Gasteiger partial charge in [-0.25, -0.2) is 4.39 Å². The minimum Gasteiger partial charge on any atom is -0.392 e. The minimum absolute atomic E-state index is 0.229. The lowest BCUT2D eigenvalue weighted by atomic mass is 10.2. The predicted octanol–water partition coefficient (Wildman–Crippen LogP) is 2.16. The van der Waals surface area contributed by atoms with E-state index in [1.54, 1.807) is 13.0 Å². The Balaban J connectivity index is 2.47. The standard InChI is InChI=1S/C11H12FNO/c1-8(14)7-13-5-4-9-6-10(12)2-3-11(9)13/h2-6,8,14H,7H2,1H3/t8-/m1/s1. The van der Waals surface area contributed by atoms with Crippen LogP contribution in [0.3, 0.4) is 0 Å². The van der Waals surface area contributed by atoms with E-state index in [4.69, 9.17) is 0 Å². The van der Waals surface area contributed by atoms with Crippen molar-refractivity contribution in [3.8, 4) is 0 Å². The number of benzene rings is 1. The maximum absolute atomic E-state index is 12.8. The summed E-state index contributed by atoms with van der Waals surface area (Å²) in [6, 6.07) is 6.50. The number of rotatable bonds is 2. The fourth-order valence-electron chi connectivity index (χ4n) is 1.61. The Morgan fingerprint density at radius 2 is 2.21 bits per heavy atom. The number of nitrogens with zero attached hydrogens (tertiary/aromatic N) is 1. The lowest BCUT2D eigenvalue weighted by Gasteiger charge is -2.07. The van der Waals surface area contributed by atoms with E-state index in [1.807, 2.05) is 16.8 Å². The third-order valence-electron chi connectivity index (χ3n) is 2.19. The van der Waals surface area contributed by atoms with Crippen molar-refractivity contribution in [2.24, 2.45) is 0 Å². The van der Waals surface area contributed by atoms with Crippen molar-refractivity contribution >= 4 is 10.9 Å². The molecule has 0 fully saturated rings. The molecule has 0 saturated heterocycles. The topological polar surface area (TPSA) is 25.2 Å². The highest BCUT2D eigenvalue weighted by Gasteiger charge is 2.03. The van der Waals surface area contributed by atoms with Gasteiger partial charge in [0.25, 0.3) is 0 Å². The molecule has 74 valence electrons. The van der Waals surface area contributed by atoms with Crippen LogP contribution in [0.15, 0.2) is 30.5 Å². The molecule has 0 spiro atoms. The maximum Gasteiger partial charge on any atom is 0.123 e. The number of aliphatic hydroxyl groups is 1. The number of halogens is 1. The van der Waals surface area contributed by atoms with Gasteiger partial charge in [0.15, 0.2) is 0 Å². The molecule has 0 unspecified atom stereocenters. The number of hydrogen-bond acceptors (Lipinski definition) is 1. The first-order valence-electron chi connectivity index (χ1n) is 4.59. The van der Waals surface area contributed by atoms with Gasteiger partial charge in [0.05, 0.1) is 6.10 Å². The smallest absolute Gasteiger partial charge is 0.123 e. The molecule has 2 nitrogen and oxygen atoms in total. The molecule has 1 aromatic carbocycles. The lowest BCUT2D eigenvalue weighted by molar-refractivity contribution is 0.175. The number of hydrogen-bond donors (Lipinski definition) is 1. The Kier molecular flexibility index (Phi) is 2.25. The minimum atomic E-state index is -0.393. The predicted molar refractivity (Wildman–Crippen MR) is 53.6 cm³/mol. The molecule has 0 saturated carbocycles. The molecule has 0 radical (unpaired) electrons. The molecular formula is C11H12FNO. The van der Waals surface area contributed by atoms with E-state index >= 15 is 0 Å². The van der Waals surface area contributed by atoms with Crippen LogP contribution in [0.25, 0.3) is 10.9 Å².